The van der Waals surface area contributed by atoms with Crippen molar-refractivity contribution in [3.8, 4) is 0 Å². The Bertz CT molecular complexity index is 420. The lowest BCUT2D eigenvalue weighted by molar-refractivity contribution is -0.574. The summed E-state index contributed by atoms with van der Waals surface area (Å²) in [6.45, 7) is 14.8. The minimum absolute atomic E-state index is 0.230. The van der Waals surface area contributed by atoms with Crippen LogP contribution >= 0.6 is 0 Å². The van der Waals surface area contributed by atoms with Gasteiger partial charge in [-0.1, -0.05) is 41.5 Å². The minimum atomic E-state index is -1.39. The molecular formula is C16H30O8. The van der Waals surface area contributed by atoms with Crippen LogP contribution in [0.3, 0.4) is 0 Å². The highest BCUT2D eigenvalue weighted by Gasteiger charge is 2.42. The summed E-state index contributed by atoms with van der Waals surface area (Å²) in [5, 5.41) is 0. The molecule has 0 amide bonds. The van der Waals surface area contributed by atoms with Gasteiger partial charge in [-0.05, 0) is 13.8 Å². The van der Waals surface area contributed by atoms with Gasteiger partial charge in [0.25, 0.3) is 0 Å². The first-order valence-electron chi connectivity index (χ1n) is 7.96. The summed E-state index contributed by atoms with van der Waals surface area (Å²) in [6, 6.07) is 0. The molecule has 0 rings (SSSR count). The van der Waals surface area contributed by atoms with E-state index < -0.39 is 23.5 Å². The van der Waals surface area contributed by atoms with Crippen LogP contribution in [0.4, 0.5) is 0 Å². The average Bonchev–Trinajstić information content (AvgIpc) is 2.47. The summed E-state index contributed by atoms with van der Waals surface area (Å²) in [4.78, 5) is 52.7. The third-order valence-electron chi connectivity index (χ3n) is 3.56. The Hall–Kier alpha value is -1.22. The van der Waals surface area contributed by atoms with E-state index in [1.54, 1.807) is 55.4 Å². The van der Waals surface area contributed by atoms with Gasteiger partial charge in [0.2, 0.25) is 11.6 Å². The molecule has 0 aliphatic carbocycles. The van der Waals surface area contributed by atoms with Gasteiger partial charge in [0.1, 0.15) is 0 Å². The monoisotopic (exact) mass is 350 g/mol. The molecule has 0 saturated heterocycles. The van der Waals surface area contributed by atoms with Gasteiger partial charge in [0, 0.05) is 18.8 Å². The van der Waals surface area contributed by atoms with Crippen LogP contribution in [0.15, 0.2) is 0 Å². The maximum atomic E-state index is 11.6. The second-order valence-electron chi connectivity index (χ2n) is 6.81. The van der Waals surface area contributed by atoms with E-state index in [9.17, 15) is 9.59 Å². The molecule has 0 radical (unpaired) electrons. The van der Waals surface area contributed by atoms with E-state index in [0.29, 0.717) is 0 Å². The molecule has 0 aromatic carbocycles. The Morgan fingerprint density at radius 3 is 1.38 bits per heavy atom. The summed E-state index contributed by atoms with van der Waals surface area (Å²) >= 11 is 0. The Morgan fingerprint density at radius 2 is 1.08 bits per heavy atom. The summed E-state index contributed by atoms with van der Waals surface area (Å²) in [5.74, 6) is -4.75. The van der Waals surface area contributed by atoms with E-state index in [2.05, 4.69) is 4.89 Å². The van der Waals surface area contributed by atoms with Crippen LogP contribution in [-0.4, -0.2) is 23.5 Å². The van der Waals surface area contributed by atoms with Gasteiger partial charge in [0.15, 0.2) is 0 Å². The van der Waals surface area contributed by atoms with Crippen molar-refractivity contribution in [2.24, 2.45) is 17.8 Å². The van der Waals surface area contributed by atoms with Crippen molar-refractivity contribution in [3.63, 3.8) is 0 Å². The smallest absolute Gasteiger partial charge is 0.296 e. The van der Waals surface area contributed by atoms with Crippen molar-refractivity contribution in [2.45, 2.75) is 73.9 Å². The quantitative estimate of drug-likeness (QED) is 0.337. The van der Waals surface area contributed by atoms with Gasteiger partial charge < -0.3 is 0 Å². The van der Waals surface area contributed by atoms with E-state index in [1.807, 2.05) is 0 Å². The van der Waals surface area contributed by atoms with Crippen molar-refractivity contribution in [1.82, 2.24) is 0 Å². The molecule has 142 valence electrons. The van der Waals surface area contributed by atoms with Crippen molar-refractivity contribution in [1.29, 1.82) is 0 Å². The van der Waals surface area contributed by atoms with E-state index in [0.717, 1.165) is 0 Å². The molecule has 0 heterocycles. The molecule has 0 fully saturated rings. The maximum Gasteiger partial charge on any atom is 0.345 e. The minimum Gasteiger partial charge on any atom is -0.296 e. The lowest BCUT2D eigenvalue weighted by Gasteiger charge is -2.35. The van der Waals surface area contributed by atoms with Gasteiger partial charge in [-0.3, -0.25) is 9.78 Å². The number of hydrogen-bond acceptors (Lipinski definition) is 8. The van der Waals surface area contributed by atoms with Crippen LogP contribution in [0.25, 0.3) is 0 Å². The molecule has 8 heteroatoms. The second-order valence-corrected chi connectivity index (χ2v) is 6.81. The molecule has 0 spiro atoms. The van der Waals surface area contributed by atoms with E-state index >= 15 is 0 Å². The predicted octanol–water partition coefficient (Wildman–Crippen LogP) is 3.30. The van der Waals surface area contributed by atoms with Crippen LogP contribution in [0.1, 0.15) is 62.3 Å². The van der Waals surface area contributed by atoms with Gasteiger partial charge in [-0.25, -0.2) is 9.59 Å². The Morgan fingerprint density at radius 1 is 0.708 bits per heavy atom. The number of rotatable bonds is 10. The molecule has 0 aromatic heterocycles. The standard InChI is InChI=1S/C16H30O8/c1-10(2)14(18)20-22-16(9,12(5)6)24-23-15(8,11(3)4)21-19-13(7)17/h10-12H,1-9H3. The molecule has 0 saturated carbocycles. The van der Waals surface area contributed by atoms with Crippen molar-refractivity contribution in [3.05, 3.63) is 0 Å². The number of carbonyl (C=O) groups is 2. The van der Waals surface area contributed by atoms with Crippen molar-refractivity contribution >= 4 is 11.9 Å². The maximum absolute atomic E-state index is 11.6. The van der Waals surface area contributed by atoms with Crippen LogP contribution in [-0.2, 0) is 38.9 Å². The fourth-order valence-corrected chi connectivity index (χ4v) is 0.940. The normalized spacial score (nSPS) is 16.8. The molecule has 0 aromatic rings. The molecule has 0 aliphatic heterocycles. The third kappa shape index (κ3) is 7.12. The highest BCUT2D eigenvalue weighted by molar-refractivity contribution is 5.70. The molecule has 0 bridgehead atoms. The zero-order chi connectivity index (χ0) is 19.1. The molecule has 24 heavy (non-hydrogen) atoms. The van der Waals surface area contributed by atoms with Gasteiger partial charge in [0.05, 0.1) is 5.92 Å². The lowest BCUT2D eigenvalue weighted by Crippen LogP contribution is -2.46. The highest BCUT2D eigenvalue weighted by atomic mass is 17.4. The SMILES string of the molecule is CC(=O)OOC(C)(OOC(C)(OOC(=O)C(C)C)C(C)C)C(C)C. The zero-order valence-electron chi connectivity index (χ0n) is 16.0. The number of carbonyl (C=O) groups excluding carboxylic acids is 2. The van der Waals surface area contributed by atoms with Gasteiger partial charge >= 0.3 is 11.9 Å². The Labute approximate surface area is 143 Å². The fraction of sp³-hybridized carbons (Fsp3) is 0.875. The van der Waals surface area contributed by atoms with E-state index in [4.69, 9.17) is 24.4 Å². The summed E-state index contributed by atoms with van der Waals surface area (Å²) in [6.07, 6.45) is 0. The molecule has 0 aliphatic rings. The average molecular weight is 350 g/mol. The second kappa shape index (κ2) is 9.31. The first-order valence-corrected chi connectivity index (χ1v) is 7.96. The van der Waals surface area contributed by atoms with Crippen LogP contribution in [0, 0.1) is 17.8 Å². The van der Waals surface area contributed by atoms with E-state index in [-0.39, 0.29) is 17.8 Å². The Balaban J connectivity index is 4.95. The third-order valence-corrected chi connectivity index (χ3v) is 3.56. The van der Waals surface area contributed by atoms with Crippen LogP contribution in [0.2, 0.25) is 0 Å². The molecule has 0 N–H and O–H groups in total. The van der Waals surface area contributed by atoms with Crippen LogP contribution < -0.4 is 0 Å². The van der Waals surface area contributed by atoms with Crippen molar-refractivity contribution < 1.29 is 38.9 Å². The topological polar surface area (TPSA) is 89.5 Å². The summed E-state index contributed by atoms with van der Waals surface area (Å²) in [7, 11) is 0. The first kappa shape index (κ1) is 22.8. The largest absolute Gasteiger partial charge is 0.345 e. The highest BCUT2D eigenvalue weighted by Crippen LogP contribution is 2.30. The molecular weight excluding hydrogens is 320 g/mol. The van der Waals surface area contributed by atoms with Gasteiger partial charge in [-0.15, -0.1) is 9.78 Å². The fourth-order valence-electron chi connectivity index (χ4n) is 0.940. The Kier molecular flexibility index (Phi) is 8.84. The van der Waals surface area contributed by atoms with Gasteiger partial charge in [-0.2, -0.15) is 9.78 Å². The number of hydrogen-bond donors (Lipinski definition) is 0. The summed E-state index contributed by atoms with van der Waals surface area (Å²) in [5.41, 5.74) is 0. The molecule has 2 unspecified atom stereocenters. The van der Waals surface area contributed by atoms with Crippen molar-refractivity contribution in [2.75, 3.05) is 0 Å². The molecule has 2 atom stereocenters. The summed E-state index contributed by atoms with van der Waals surface area (Å²) < 4.78 is 0. The van der Waals surface area contributed by atoms with E-state index in [1.165, 1.54) is 6.92 Å². The predicted molar refractivity (Wildman–Crippen MR) is 83.5 cm³/mol. The lowest BCUT2D eigenvalue weighted by atomic mass is 10.1. The van der Waals surface area contributed by atoms with Crippen LogP contribution in [0.5, 0.6) is 0 Å². The first-order chi connectivity index (χ1) is 10.8. The zero-order valence-corrected chi connectivity index (χ0v) is 16.0. The molecule has 8 nitrogen and oxygen atoms in total.